The minimum atomic E-state index is -0.693. The van der Waals surface area contributed by atoms with Crippen molar-refractivity contribution >= 4 is 29.6 Å². The van der Waals surface area contributed by atoms with E-state index >= 15 is 0 Å². The van der Waals surface area contributed by atoms with Crippen molar-refractivity contribution in [2.45, 2.75) is 39.5 Å². The highest BCUT2D eigenvalue weighted by Gasteiger charge is 2.22. The summed E-state index contributed by atoms with van der Waals surface area (Å²) in [4.78, 5) is 26.0. The molecule has 1 aromatic carbocycles. The van der Waals surface area contributed by atoms with E-state index in [1.54, 1.807) is 11.1 Å². The maximum absolute atomic E-state index is 12.3. The molecule has 0 atom stereocenters. The third-order valence-corrected chi connectivity index (χ3v) is 5.23. The summed E-state index contributed by atoms with van der Waals surface area (Å²) in [5.41, 5.74) is 6.17. The Morgan fingerprint density at radius 1 is 1.11 bits per heavy atom. The van der Waals surface area contributed by atoms with Gasteiger partial charge >= 0.3 is 11.8 Å². The first-order valence-corrected chi connectivity index (χ1v) is 9.92. The lowest BCUT2D eigenvalue weighted by Crippen LogP contribution is -2.41. The topological polar surface area (TPSA) is 66.7 Å². The van der Waals surface area contributed by atoms with Crippen LogP contribution in [0.15, 0.2) is 35.4 Å². The molecule has 1 aliphatic heterocycles. The third-order valence-electron chi connectivity index (χ3n) is 4.99. The van der Waals surface area contributed by atoms with Gasteiger partial charge in [0.2, 0.25) is 0 Å². The van der Waals surface area contributed by atoms with Crippen LogP contribution in [-0.4, -0.2) is 40.6 Å². The number of rotatable bonds is 3. The fourth-order valence-corrected chi connectivity index (χ4v) is 3.74. The van der Waals surface area contributed by atoms with Gasteiger partial charge in [-0.2, -0.15) is 5.10 Å². The minimum Gasteiger partial charge on any atom is -0.334 e. The molecule has 1 aromatic heterocycles. The van der Waals surface area contributed by atoms with Gasteiger partial charge in [0.1, 0.15) is 0 Å². The number of amides is 2. The molecule has 0 radical (unpaired) electrons. The Morgan fingerprint density at radius 3 is 2.50 bits per heavy atom. The summed E-state index contributed by atoms with van der Waals surface area (Å²) < 4.78 is 2.07. The van der Waals surface area contributed by atoms with Gasteiger partial charge in [0, 0.05) is 40.8 Å². The zero-order valence-corrected chi connectivity index (χ0v) is 17.0. The van der Waals surface area contributed by atoms with Gasteiger partial charge < -0.3 is 9.47 Å². The second-order valence-electron chi connectivity index (χ2n) is 7.05. The predicted octanol–water partition coefficient (Wildman–Crippen LogP) is 3.60. The number of aryl methyl sites for hydroxylation is 1. The van der Waals surface area contributed by atoms with Crippen LogP contribution in [0.5, 0.6) is 0 Å². The van der Waals surface area contributed by atoms with Crippen molar-refractivity contribution in [3.63, 3.8) is 0 Å². The van der Waals surface area contributed by atoms with Crippen molar-refractivity contribution in [3.05, 3.63) is 52.3 Å². The van der Waals surface area contributed by atoms with Crippen molar-refractivity contribution in [2.24, 2.45) is 5.10 Å². The number of hydrazone groups is 1. The summed E-state index contributed by atoms with van der Waals surface area (Å²) >= 11 is 6.11. The van der Waals surface area contributed by atoms with Gasteiger partial charge in [-0.3, -0.25) is 9.59 Å². The van der Waals surface area contributed by atoms with Crippen molar-refractivity contribution in [3.8, 4) is 5.69 Å². The molecule has 1 aliphatic rings. The normalized spacial score (nSPS) is 14.9. The zero-order chi connectivity index (χ0) is 20.1. The molecule has 1 saturated heterocycles. The highest BCUT2D eigenvalue weighted by atomic mass is 35.5. The lowest BCUT2D eigenvalue weighted by Gasteiger charge is -2.18. The monoisotopic (exact) mass is 400 g/mol. The van der Waals surface area contributed by atoms with Crippen molar-refractivity contribution in [2.75, 3.05) is 13.1 Å². The summed E-state index contributed by atoms with van der Waals surface area (Å²) in [5, 5.41) is 4.66. The van der Waals surface area contributed by atoms with E-state index in [-0.39, 0.29) is 0 Å². The smallest absolute Gasteiger partial charge is 0.329 e. The molecule has 2 heterocycles. The highest BCUT2D eigenvalue weighted by molar-refractivity contribution is 6.35. The SMILES string of the molecule is Cc1cc(/C=N\NC(=O)C(=O)N2CCCCCC2)c(C)n1-c1cccc(Cl)c1. The number of aromatic nitrogens is 1. The number of nitrogens with one attached hydrogen (secondary N) is 1. The first-order valence-electron chi connectivity index (χ1n) is 9.54. The van der Waals surface area contributed by atoms with E-state index in [1.807, 2.05) is 44.2 Å². The first kappa shape index (κ1) is 20.1. The molecular formula is C21H25ClN4O2. The van der Waals surface area contributed by atoms with Crippen LogP contribution < -0.4 is 5.43 Å². The Balaban J connectivity index is 1.68. The third kappa shape index (κ3) is 4.62. The van der Waals surface area contributed by atoms with E-state index in [9.17, 15) is 9.59 Å². The maximum Gasteiger partial charge on any atom is 0.329 e. The van der Waals surface area contributed by atoms with Gasteiger partial charge in [0.15, 0.2) is 0 Å². The molecule has 0 spiro atoms. The predicted molar refractivity (Wildman–Crippen MR) is 111 cm³/mol. The van der Waals surface area contributed by atoms with Crippen LogP contribution in [0.1, 0.15) is 42.6 Å². The molecular weight excluding hydrogens is 376 g/mol. The van der Waals surface area contributed by atoms with Crippen LogP contribution in [0.2, 0.25) is 5.02 Å². The van der Waals surface area contributed by atoms with Gasteiger partial charge in [-0.15, -0.1) is 0 Å². The van der Waals surface area contributed by atoms with Crippen molar-refractivity contribution in [1.29, 1.82) is 0 Å². The summed E-state index contributed by atoms with van der Waals surface area (Å²) in [5.74, 6) is -1.20. The lowest BCUT2D eigenvalue weighted by molar-refractivity contribution is -0.145. The maximum atomic E-state index is 12.3. The Morgan fingerprint density at radius 2 is 1.82 bits per heavy atom. The van der Waals surface area contributed by atoms with Crippen LogP contribution in [-0.2, 0) is 9.59 Å². The second-order valence-corrected chi connectivity index (χ2v) is 7.48. The standard InChI is InChI=1S/C21H25ClN4O2/c1-15-12-17(16(2)26(15)19-9-7-8-18(22)13-19)14-23-24-20(27)21(28)25-10-5-3-4-6-11-25/h7-9,12-14H,3-6,10-11H2,1-2H3,(H,24,27)/b23-14-. The van der Waals surface area contributed by atoms with E-state index in [1.165, 1.54) is 0 Å². The van der Waals surface area contributed by atoms with E-state index in [0.29, 0.717) is 18.1 Å². The van der Waals surface area contributed by atoms with Crippen LogP contribution in [0.25, 0.3) is 5.69 Å². The van der Waals surface area contributed by atoms with Gasteiger partial charge in [-0.25, -0.2) is 5.43 Å². The molecule has 0 aliphatic carbocycles. The number of hydrogen-bond donors (Lipinski definition) is 1. The van der Waals surface area contributed by atoms with Gasteiger partial charge in [-0.1, -0.05) is 30.5 Å². The lowest BCUT2D eigenvalue weighted by atomic mass is 10.2. The number of carbonyl (C=O) groups is 2. The molecule has 1 N–H and O–H groups in total. The molecule has 2 aromatic rings. The fourth-order valence-electron chi connectivity index (χ4n) is 3.56. The second kappa shape index (κ2) is 9.06. The molecule has 0 unspecified atom stereocenters. The Kier molecular flexibility index (Phi) is 6.52. The molecule has 7 heteroatoms. The van der Waals surface area contributed by atoms with E-state index in [4.69, 9.17) is 11.6 Å². The average molecular weight is 401 g/mol. The Labute approximate surface area is 170 Å². The number of carbonyl (C=O) groups excluding carboxylic acids is 2. The highest BCUT2D eigenvalue weighted by Crippen LogP contribution is 2.22. The van der Waals surface area contributed by atoms with Crippen LogP contribution in [0.3, 0.4) is 0 Å². The molecule has 6 nitrogen and oxygen atoms in total. The number of benzene rings is 1. The number of likely N-dealkylation sites (tertiary alicyclic amines) is 1. The molecule has 0 bridgehead atoms. The summed E-state index contributed by atoms with van der Waals surface area (Å²) in [6.07, 6.45) is 5.66. The van der Waals surface area contributed by atoms with Crippen LogP contribution >= 0.6 is 11.6 Å². The first-order chi connectivity index (χ1) is 13.5. The average Bonchev–Trinajstić information content (AvgIpc) is 2.84. The molecule has 28 heavy (non-hydrogen) atoms. The number of nitrogens with zero attached hydrogens (tertiary/aromatic N) is 3. The fraction of sp³-hybridized carbons (Fsp3) is 0.381. The van der Waals surface area contributed by atoms with Crippen molar-refractivity contribution < 1.29 is 9.59 Å². The Bertz CT molecular complexity index is 896. The van der Waals surface area contributed by atoms with E-state index < -0.39 is 11.8 Å². The summed E-state index contributed by atoms with van der Waals surface area (Å²) in [6.45, 7) is 5.24. The van der Waals surface area contributed by atoms with Gasteiger partial charge in [0.25, 0.3) is 0 Å². The quantitative estimate of drug-likeness (QED) is 0.486. The molecule has 1 fully saturated rings. The molecule has 148 valence electrons. The number of halogens is 1. The Hall–Kier alpha value is -2.60. The van der Waals surface area contributed by atoms with Crippen molar-refractivity contribution in [1.82, 2.24) is 14.9 Å². The van der Waals surface area contributed by atoms with Crippen LogP contribution in [0, 0.1) is 13.8 Å². The molecule has 3 rings (SSSR count). The minimum absolute atomic E-state index is 0.511. The molecule has 0 saturated carbocycles. The van der Waals surface area contributed by atoms with E-state index in [0.717, 1.165) is 48.3 Å². The zero-order valence-electron chi connectivity index (χ0n) is 16.2. The summed E-state index contributed by atoms with van der Waals surface area (Å²) in [6, 6.07) is 9.58. The van der Waals surface area contributed by atoms with Gasteiger partial charge in [-0.05, 0) is 51.0 Å². The molecule has 2 amide bonds. The van der Waals surface area contributed by atoms with E-state index in [2.05, 4.69) is 15.1 Å². The van der Waals surface area contributed by atoms with Crippen LogP contribution in [0.4, 0.5) is 0 Å². The summed E-state index contributed by atoms with van der Waals surface area (Å²) in [7, 11) is 0. The van der Waals surface area contributed by atoms with Gasteiger partial charge in [0.05, 0.1) is 6.21 Å². The number of hydrogen-bond acceptors (Lipinski definition) is 3. The largest absolute Gasteiger partial charge is 0.334 e.